The molecule has 0 aliphatic heterocycles. The Labute approximate surface area is 186 Å². The molecule has 3 saturated carbocycles. The predicted molar refractivity (Wildman–Crippen MR) is 121 cm³/mol. The van der Waals surface area contributed by atoms with Crippen LogP contribution in [0.4, 0.5) is 0 Å². The molecule has 3 nitrogen and oxygen atoms in total. The highest BCUT2D eigenvalue weighted by Gasteiger charge is 2.60. The van der Waals surface area contributed by atoms with Gasteiger partial charge < -0.3 is 4.74 Å². The maximum absolute atomic E-state index is 13.0. The number of allylic oxidation sites excluding steroid dienone is 1. The normalized spacial score (nSPS) is 40.2. The van der Waals surface area contributed by atoms with Gasteiger partial charge in [0, 0.05) is 11.8 Å². The molecule has 3 heteroatoms. The van der Waals surface area contributed by atoms with Gasteiger partial charge in [-0.15, -0.1) is 0 Å². The molecule has 1 aromatic carbocycles. The summed E-state index contributed by atoms with van der Waals surface area (Å²) in [5.74, 6) is 2.04. The Balaban J connectivity index is 1.33. The Morgan fingerprint density at radius 2 is 1.77 bits per heavy atom. The first-order valence-corrected chi connectivity index (χ1v) is 12.3. The predicted octanol–water partition coefficient (Wildman–Crippen LogP) is 6.23. The second kappa shape index (κ2) is 7.60. The minimum absolute atomic E-state index is 0.0368. The number of ketones is 1. The van der Waals surface area contributed by atoms with Crippen LogP contribution in [-0.2, 0) is 14.3 Å². The molecule has 7 atom stereocenters. The first kappa shape index (κ1) is 21.0. The van der Waals surface area contributed by atoms with Gasteiger partial charge in [0.25, 0.3) is 0 Å². The van der Waals surface area contributed by atoms with Gasteiger partial charge in [-0.25, -0.2) is 0 Å². The SMILES string of the molecule is CC(C(=O)O[C@H]1CC[C@H]2[C@@H]3CCC4=CC(=O)CC[C@]4(C)[C@H]3CC[C@]12C)c1ccccc1. The summed E-state index contributed by atoms with van der Waals surface area (Å²) in [7, 11) is 0. The number of hydrogen-bond acceptors (Lipinski definition) is 3. The minimum atomic E-state index is -0.221. The summed E-state index contributed by atoms with van der Waals surface area (Å²) in [4.78, 5) is 25.0. The summed E-state index contributed by atoms with van der Waals surface area (Å²) >= 11 is 0. The standard InChI is InChI=1S/C28H36O3/c1-18(19-7-5-4-6-8-19)26(30)31-25-12-11-23-22-10-9-20-17-21(29)13-15-27(20,2)24(22)14-16-28(23,25)3/h4-8,17-18,22-25H,9-16H2,1-3H3/t18?,22-,23-,24-,25-,27-,28-/m0/s1. The Morgan fingerprint density at radius 3 is 2.55 bits per heavy atom. The fourth-order valence-electron chi connectivity index (χ4n) is 7.82. The topological polar surface area (TPSA) is 43.4 Å². The third-order valence-corrected chi connectivity index (χ3v) is 9.79. The molecule has 4 aliphatic rings. The summed E-state index contributed by atoms with van der Waals surface area (Å²) in [6, 6.07) is 9.98. The van der Waals surface area contributed by atoms with Crippen molar-refractivity contribution in [2.75, 3.05) is 0 Å². The zero-order valence-corrected chi connectivity index (χ0v) is 19.2. The first-order chi connectivity index (χ1) is 14.8. The van der Waals surface area contributed by atoms with Crippen LogP contribution in [0.3, 0.4) is 0 Å². The van der Waals surface area contributed by atoms with Crippen molar-refractivity contribution in [2.24, 2.45) is 28.6 Å². The Hall–Kier alpha value is -1.90. The molecule has 0 saturated heterocycles. The van der Waals surface area contributed by atoms with Crippen molar-refractivity contribution in [3.63, 3.8) is 0 Å². The molecular formula is C28H36O3. The van der Waals surface area contributed by atoms with Gasteiger partial charge in [-0.05, 0) is 86.7 Å². The lowest BCUT2D eigenvalue weighted by Gasteiger charge is -2.57. The van der Waals surface area contributed by atoms with Crippen LogP contribution < -0.4 is 0 Å². The van der Waals surface area contributed by atoms with Crippen molar-refractivity contribution in [1.29, 1.82) is 0 Å². The van der Waals surface area contributed by atoms with Gasteiger partial charge in [0.15, 0.2) is 5.78 Å². The lowest BCUT2D eigenvalue weighted by molar-refractivity contribution is -0.161. The number of esters is 1. The third kappa shape index (κ3) is 3.31. The smallest absolute Gasteiger partial charge is 0.313 e. The molecule has 5 rings (SSSR count). The van der Waals surface area contributed by atoms with Crippen LogP contribution in [0.25, 0.3) is 0 Å². The van der Waals surface area contributed by atoms with Gasteiger partial charge >= 0.3 is 5.97 Å². The quantitative estimate of drug-likeness (QED) is 0.544. The zero-order valence-electron chi connectivity index (χ0n) is 19.2. The second-order valence-electron chi connectivity index (χ2n) is 11.1. The van der Waals surface area contributed by atoms with Crippen molar-refractivity contribution in [1.82, 2.24) is 0 Å². The lowest BCUT2D eigenvalue weighted by Crippen LogP contribution is -2.51. The number of carbonyl (C=O) groups excluding carboxylic acids is 2. The van der Waals surface area contributed by atoms with Gasteiger partial charge in [-0.3, -0.25) is 9.59 Å². The Bertz CT molecular complexity index is 902. The Morgan fingerprint density at radius 1 is 1.00 bits per heavy atom. The average Bonchev–Trinajstić information content (AvgIpc) is 3.10. The molecule has 0 bridgehead atoms. The summed E-state index contributed by atoms with van der Waals surface area (Å²) in [6.45, 7) is 6.78. The summed E-state index contributed by atoms with van der Waals surface area (Å²) in [6.07, 6.45) is 10.5. The highest BCUT2D eigenvalue weighted by molar-refractivity contribution is 5.91. The van der Waals surface area contributed by atoms with E-state index in [2.05, 4.69) is 13.8 Å². The molecule has 1 unspecified atom stereocenters. The summed E-state index contributed by atoms with van der Waals surface area (Å²) < 4.78 is 6.23. The van der Waals surface area contributed by atoms with E-state index in [4.69, 9.17) is 4.74 Å². The van der Waals surface area contributed by atoms with Crippen molar-refractivity contribution in [3.8, 4) is 0 Å². The van der Waals surface area contributed by atoms with E-state index in [9.17, 15) is 9.59 Å². The fraction of sp³-hybridized carbons (Fsp3) is 0.643. The number of benzene rings is 1. The van der Waals surface area contributed by atoms with Crippen LogP contribution in [-0.4, -0.2) is 17.9 Å². The summed E-state index contributed by atoms with van der Waals surface area (Å²) in [5, 5.41) is 0. The molecule has 0 N–H and O–H groups in total. The summed E-state index contributed by atoms with van der Waals surface area (Å²) in [5.41, 5.74) is 2.75. The largest absolute Gasteiger partial charge is 0.461 e. The third-order valence-electron chi connectivity index (χ3n) is 9.79. The number of ether oxygens (including phenoxy) is 1. The maximum Gasteiger partial charge on any atom is 0.313 e. The van der Waals surface area contributed by atoms with Crippen molar-refractivity contribution in [2.45, 2.75) is 84.2 Å². The molecule has 166 valence electrons. The van der Waals surface area contributed by atoms with E-state index < -0.39 is 0 Å². The monoisotopic (exact) mass is 420 g/mol. The Kier molecular flexibility index (Phi) is 5.14. The highest BCUT2D eigenvalue weighted by atomic mass is 16.5. The van der Waals surface area contributed by atoms with Crippen LogP contribution in [0.15, 0.2) is 42.0 Å². The average molecular weight is 421 g/mol. The van der Waals surface area contributed by atoms with E-state index in [0.717, 1.165) is 31.2 Å². The number of hydrogen-bond donors (Lipinski definition) is 0. The van der Waals surface area contributed by atoms with Crippen LogP contribution in [0.1, 0.15) is 83.6 Å². The fourth-order valence-corrected chi connectivity index (χ4v) is 7.82. The zero-order chi connectivity index (χ0) is 21.8. The van der Waals surface area contributed by atoms with E-state index in [1.165, 1.54) is 24.8 Å². The van der Waals surface area contributed by atoms with Gasteiger partial charge in [-0.1, -0.05) is 49.8 Å². The molecular weight excluding hydrogens is 384 g/mol. The maximum atomic E-state index is 13.0. The number of fused-ring (bicyclic) bond motifs is 5. The van der Waals surface area contributed by atoms with Crippen LogP contribution in [0.5, 0.6) is 0 Å². The van der Waals surface area contributed by atoms with E-state index in [0.29, 0.717) is 30.0 Å². The van der Waals surface area contributed by atoms with E-state index in [1.54, 1.807) is 0 Å². The first-order valence-electron chi connectivity index (χ1n) is 12.3. The van der Waals surface area contributed by atoms with E-state index >= 15 is 0 Å². The van der Waals surface area contributed by atoms with E-state index in [-0.39, 0.29) is 28.8 Å². The van der Waals surface area contributed by atoms with Crippen LogP contribution in [0.2, 0.25) is 0 Å². The van der Waals surface area contributed by atoms with Gasteiger partial charge in [0.05, 0.1) is 5.92 Å². The molecule has 0 aromatic heterocycles. The molecule has 31 heavy (non-hydrogen) atoms. The van der Waals surface area contributed by atoms with Crippen molar-refractivity contribution < 1.29 is 14.3 Å². The molecule has 1 aromatic rings. The second-order valence-corrected chi connectivity index (χ2v) is 11.1. The van der Waals surface area contributed by atoms with Gasteiger partial charge in [0.1, 0.15) is 6.10 Å². The molecule has 0 radical (unpaired) electrons. The highest BCUT2D eigenvalue weighted by Crippen LogP contribution is 2.65. The molecule has 0 spiro atoms. The van der Waals surface area contributed by atoms with Crippen LogP contribution in [0, 0.1) is 28.6 Å². The molecule has 4 aliphatic carbocycles. The van der Waals surface area contributed by atoms with Gasteiger partial charge in [-0.2, -0.15) is 0 Å². The molecule has 3 fully saturated rings. The van der Waals surface area contributed by atoms with Crippen molar-refractivity contribution >= 4 is 11.8 Å². The van der Waals surface area contributed by atoms with E-state index in [1.807, 2.05) is 43.3 Å². The number of carbonyl (C=O) groups is 2. The molecule has 0 amide bonds. The van der Waals surface area contributed by atoms with Crippen LogP contribution >= 0.6 is 0 Å². The van der Waals surface area contributed by atoms with Crippen molar-refractivity contribution in [3.05, 3.63) is 47.5 Å². The van der Waals surface area contributed by atoms with Gasteiger partial charge in [0.2, 0.25) is 0 Å². The minimum Gasteiger partial charge on any atom is -0.461 e. The number of rotatable bonds is 3. The molecule has 0 heterocycles. The lowest BCUT2D eigenvalue weighted by atomic mass is 9.47.